The lowest BCUT2D eigenvalue weighted by Gasteiger charge is -2.10. The Bertz CT molecular complexity index is 1160. The average molecular weight is 356 g/mol. The smallest absolute Gasteiger partial charge is 0.336 e. The molecule has 0 aliphatic carbocycles. The molecule has 4 aromatic rings. The summed E-state index contributed by atoms with van der Waals surface area (Å²) in [6.07, 6.45) is 0. The Kier molecular flexibility index (Phi) is 4.28. The first-order valence-corrected chi connectivity index (χ1v) is 8.84. The molecule has 3 aromatic carbocycles. The fourth-order valence-corrected chi connectivity index (χ4v) is 3.49. The van der Waals surface area contributed by atoms with Crippen LogP contribution in [0.2, 0.25) is 0 Å². The van der Waals surface area contributed by atoms with E-state index in [0.29, 0.717) is 5.58 Å². The first-order valence-electron chi connectivity index (χ1n) is 8.84. The van der Waals surface area contributed by atoms with Gasteiger partial charge in [0, 0.05) is 11.5 Å². The van der Waals surface area contributed by atoms with Gasteiger partial charge in [0.1, 0.15) is 11.3 Å². The van der Waals surface area contributed by atoms with E-state index in [0.717, 1.165) is 44.5 Å². The van der Waals surface area contributed by atoms with Gasteiger partial charge in [-0.25, -0.2) is 4.79 Å². The number of hydrogen-bond donors (Lipinski definition) is 0. The van der Waals surface area contributed by atoms with Crippen LogP contribution in [0.25, 0.3) is 33.2 Å². The number of hydrogen-bond acceptors (Lipinski definition) is 3. The van der Waals surface area contributed by atoms with Crippen molar-refractivity contribution in [3.63, 3.8) is 0 Å². The Morgan fingerprint density at radius 3 is 2.07 bits per heavy atom. The third kappa shape index (κ3) is 3.36. The normalized spacial score (nSPS) is 10.9. The van der Waals surface area contributed by atoms with Crippen molar-refractivity contribution in [2.45, 2.75) is 13.8 Å². The zero-order chi connectivity index (χ0) is 19.0. The molecule has 1 aromatic heterocycles. The van der Waals surface area contributed by atoms with E-state index in [1.54, 1.807) is 13.2 Å². The molecule has 0 N–H and O–H groups in total. The number of rotatable bonds is 3. The van der Waals surface area contributed by atoms with E-state index in [2.05, 4.69) is 38.1 Å². The molecule has 0 aliphatic heterocycles. The number of benzene rings is 3. The van der Waals surface area contributed by atoms with Crippen molar-refractivity contribution in [1.29, 1.82) is 0 Å². The summed E-state index contributed by atoms with van der Waals surface area (Å²) in [5.41, 5.74) is 6.64. The Morgan fingerprint density at radius 1 is 0.741 bits per heavy atom. The molecule has 134 valence electrons. The van der Waals surface area contributed by atoms with Crippen LogP contribution in [-0.4, -0.2) is 7.11 Å². The third-order valence-corrected chi connectivity index (χ3v) is 4.70. The van der Waals surface area contributed by atoms with Gasteiger partial charge in [-0.3, -0.25) is 0 Å². The number of aryl methyl sites for hydroxylation is 2. The fourth-order valence-electron chi connectivity index (χ4n) is 3.49. The molecule has 0 atom stereocenters. The highest BCUT2D eigenvalue weighted by Crippen LogP contribution is 2.32. The minimum Gasteiger partial charge on any atom is -0.497 e. The lowest BCUT2D eigenvalue weighted by Crippen LogP contribution is -1.98. The van der Waals surface area contributed by atoms with Crippen molar-refractivity contribution in [3.8, 4) is 28.0 Å². The van der Waals surface area contributed by atoms with Gasteiger partial charge < -0.3 is 9.15 Å². The molecule has 4 rings (SSSR count). The Labute approximate surface area is 157 Å². The van der Waals surface area contributed by atoms with Gasteiger partial charge in [-0.2, -0.15) is 0 Å². The van der Waals surface area contributed by atoms with Gasteiger partial charge in [0.2, 0.25) is 0 Å². The largest absolute Gasteiger partial charge is 0.497 e. The van der Waals surface area contributed by atoms with Gasteiger partial charge in [-0.1, -0.05) is 47.5 Å². The second-order valence-electron chi connectivity index (χ2n) is 6.79. The minimum atomic E-state index is -0.339. The van der Waals surface area contributed by atoms with E-state index in [1.807, 2.05) is 36.4 Å². The van der Waals surface area contributed by atoms with Crippen LogP contribution in [0.1, 0.15) is 11.1 Å². The maximum atomic E-state index is 12.1. The van der Waals surface area contributed by atoms with E-state index < -0.39 is 0 Å². The maximum absolute atomic E-state index is 12.1. The second-order valence-corrected chi connectivity index (χ2v) is 6.79. The summed E-state index contributed by atoms with van der Waals surface area (Å²) in [6.45, 7) is 4.12. The molecule has 0 bridgehead atoms. The molecule has 3 nitrogen and oxygen atoms in total. The van der Waals surface area contributed by atoms with Crippen molar-refractivity contribution < 1.29 is 9.15 Å². The molecular weight excluding hydrogens is 336 g/mol. The van der Waals surface area contributed by atoms with Gasteiger partial charge in [0.25, 0.3) is 0 Å². The van der Waals surface area contributed by atoms with E-state index in [1.165, 1.54) is 0 Å². The average Bonchev–Trinajstić information content (AvgIpc) is 2.66. The highest BCUT2D eigenvalue weighted by Gasteiger charge is 2.10. The Morgan fingerprint density at radius 2 is 1.41 bits per heavy atom. The van der Waals surface area contributed by atoms with Crippen molar-refractivity contribution in [1.82, 2.24) is 0 Å². The molecule has 0 saturated carbocycles. The molecule has 0 spiro atoms. The van der Waals surface area contributed by atoms with E-state index >= 15 is 0 Å². The van der Waals surface area contributed by atoms with Crippen LogP contribution in [0.5, 0.6) is 5.75 Å². The molecule has 0 fully saturated rings. The van der Waals surface area contributed by atoms with Crippen molar-refractivity contribution in [3.05, 3.63) is 88.3 Å². The summed E-state index contributed by atoms with van der Waals surface area (Å²) in [4.78, 5) is 12.1. The van der Waals surface area contributed by atoms with E-state index in [9.17, 15) is 4.79 Å². The molecule has 0 unspecified atom stereocenters. The first kappa shape index (κ1) is 17.1. The van der Waals surface area contributed by atoms with Crippen LogP contribution in [0, 0.1) is 13.8 Å². The number of methoxy groups -OCH3 is 1. The highest BCUT2D eigenvalue weighted by atomic mass is 16.5. The summed E-state index contributed by atoms with van der Waals surface area (Å²) in [5, 5.41) is 0.924. The van der Waals surface area contributed by atoms with Crippen molar-refractivity contribution >= 4 is 11.0 Å². The van der Waals surface area contributed by atoms with Gasteiger partial charge in [0.05, 0.1) is 7.11 Å². The number of ether oxygens (including phenoxy) is 1. The summed E-state index contributed by atoms with van der Waals surface area (Å²) >= 11 is 0. The predicted octanol–water partition coefficient (Wildman–Crippen LogP) is 5.75. The third-order valence-electron chi connectivity index (χ3n) is 4.70. The van der Waals surface area contributed by atoms with Gasteiger partial charge in [-0.15, -0.1) is 0 Å². The summed E-state index contributed by atoms with van der Waals surface area (Å²) in [6, 6.07) is 21.7. The van der Waals surface area contributed by atoms with Gasteiger partial charge in [0.15, 0.2) is 0 Å². The summed E-state index contributed by atoms with van der Waals surface area (Å²) in [7, 11) is 1.66. The van der Waals surface area contributed by atoms with Crippen molar-refractivity contribution in [2.24, 2.45) is 0 Å². The molecular formula is C24H20O3. The minimum absolute atomic E-state index is 0.339. The molecule has 0 amide bonds. The molecule has 1 heterocycles. The number of fused-ring (bicyclic) bond motifs is 1. The van der Waals surface area contributed by atoms with E-state index in [4.69, 9.17) is 9.15 Å². The topological polar surface area (TPSA) is 39.4 Å². The summed E-state index contributed by atoms with van der Waals surface area (Å²) < 4.78 is 10.7. The van der Waals surface area contributed by atoms with Crippen LogP contribution in [0.4, 0.5) is 0 Å². The molecule has 0 aliphatic rings. The summed E-state index contributed by atoms with van der Waals surface area (Å²) in [5.74, 6) is 0.821. The predicted molar refractivity (Wildman–Crippen MR) is 109 cm³/mol. The maximum Gasteiger partial charge on any atom is 0.336 e. The lowest BCUT2D eigenvalue weighted by atomic mass is 9.96. The Hall–Kier alpha value is -3.33. The molecule has 0 radical (unpaired) electrons. The van der Waals surface area contributed by atoms with Gasteiger partial charge in [-0.05, 0) is 60.4 Å². The van der Waals surface area contributed by atoms with Crippen LogP contribution in [-0.2, 0) is 0 Å². The SMILES string of the molecule is COc1ccc(-c2ccc3oc(=O)cc(-c4cc(C)cc(C)c4)c3c2)cc1. The Balaban J connectivity index is 1.94. The monoisotopic (exact) mass is 356 g/mol. The van der Waals surface area contributed by atoms with Gasteiger partial charge >= 0.3 is 5.63 Å². The highest BCUT2D eigenvalue weighted by molar-refractivity contribution is 5.96. The van der Waals surface area contributed by atoms with Crippen LogP contribution in [0.15, 0.2) is 75.9 Å². The lowest BCUT2D eigenvalue weighted by molar-refractivity contribution is 0.415. The standard InChI is InChI=1S/C24H20O3/c1-15-10-16(2)12-19(11-15)21-14-24(25)27-23-9-6-18(13-22(21)23)17-4-7-20(26-3)8-5-17/h4-14H,1-3H3. The van der Waals surface area contributed by atoms with Crippen molar-refractivity contribution in [2.75, 3.05) is 7.11 Å². The quantitative estimate of drug-likeness (QED) is 0.439. The van der Waals surface area contributed by atoms with Crippen LogP contribution in [0.3, 0.4) is 0 Å². The molecule has 3 heteroatoms. The zero-order valence-corrected chi connectivity index (χ0v) is 15.6. The first-order chi connectivity index (χ1) is 13.0. The van der Waals surface area contributed by atoms with Crippen LogP contribution < -0.4 is 10.4 Å². The fraction of sp³-hybridized carbons (Fsp3) is 0.125. The molecule has 0 saturated heterocycles. The zero-order valence-electron chi connectivity index (χ0n) is 15.6. The second kappa shape index (κ2) is 6.76. The van der Waals surface area contributed by atoms with E-state index in [-0.39, 0.29) is 5.63 Å². The van der Waals surface area contributed by atoms with Crippen LogP contribution >= 0.6 is 0 Å². The molecule has 27 heavy (non-hydrogen) atoms.